The molecule has 116 valence electrons. The number of nitrogens with zero attached hydrogens (tertiary/aromatic N) is 1. The molecule has 1 heterocycles. The van der Waals surface area contributed by atoms with E-state index >= 15 is 0 Å². The van der Waals surface area contributed by atoms with Gasteiger partial charge in [-0.3, -0.25) is 0 Å². The van der Waals surface area contributed by atoms with E-state index in [4.69, 9.17) is 0 Å². The van der Waals surface area contributed by atoms with Crippen LogP contribution < -0.4 is 10.2 Å². The first-order valence-electron chi connectivity index (χ1n) is 8.40. The van der Waals surface area contributed by atoms with Crippen molar-refractivity contribution < 1.29 is 0 Å². The molecule has 1 aliphatic heterocycles. The lowest BCUT2D eigenvalue weighted by Crippen LogP contribution is -2.41. The molecule has 2 aliphatic rings. The first-order chi connectivity index (χ1) is 10.2. The number of hydrogen-bond acceptors (Lipinski definition) is 2. The molecular weight excluding hydrogens is 324 g/mol. The second-order valence-corrected chi connectivity index (χ2v) is 7.71. The summed E-state index contributed by atoms with van der Waals surface area (Å²) in [6.45, 7) is 3.39. The van der Waals surface area contributed by atoms with E-state index < -0.39 is 0 Å². The highest BCUT2D eigenvalue weighted by atomic mass is 79.9. The van der Waals surface area contributed by atoms with Gasteiger partial charge in [0.15, 0.2) is 0 Å². The van der Waals surface area contributed by atoms with Crippen molar-refractivity contribution in [1.82, 2.24) is 5.32 Å². The van der Waals surface area contributed by atoms with Gasteiger partial charge in [0, 0.05) is 29.8 Å². The Balaban J connectivity index is 1.65. The van der Waals surface area contributed by atoms with Gasteiger partial charge in [-0.25, -0.2) is 0 Å². The van der Waals surface area contributed by atoms with Crippen molar-refractivity contribution in [2.75, 3.05) is 25.0 Å². The number of halogens is 1. The maximum absolute atomic E-state index is 3.72. The smallest absolute Gasteiger partial charge is 0.0377 e. The minimum Gasteiger partial charge on any atom is -0.371 e. The lowest BCUT2D eigenvalue weighted by atomic mass is 9.68. The van der Waals surface area contributed by atoms with Gasteiger partial charge >= 0.3 is 0 Å². The predicted octanol–water partition coefficient (Wildman–Crippen LogP) is 4.72. The molecule has 0 radical (unpaired) electrons. The van der Waals surface area contributed by atoms with Gasteiger partial charge in [-0.05, 0) is 55.8 Å². The highest BCUT2D eigenvalue weighted by molar-refractivity contribution is 9.10. The fraction of sp³-hybridized carbons (Fsp3) is 0.667. The van der Waals surface area contributed by atoms with Crippen LogP contribution in [-0.4, -0.2) is 20.1 Å². The number of piperidine rings is 1. The van der Waals surface area contributed by atoms with E-state index in [0.717, 1.165) is 6.54 Å². The molecule has 0 bridgehead atoms. The zero-order chi connectivity index (χ0) is 14.7. The number of benzene rings is 1. The summed E-state index contributed by atoms with van der Waals surface area (Å²) >= 11 is 3.72. The van der Waals surface area contributed by atoms with E-state index in [1.807, 2.05) is 7.05 Å². The molecule has 2 fully saturated rings. The summed E-state index contributed by atoms with van der Waals surface area (Å²) in [6, 6.07) is 6.84. The van der Waals surface area contributed by atoms with E-state index in [2.05, 4.69) is 44.3 Å². The van der Waals surface area contributed by atoms with Gasteiger partial charge in [-0.2, -0.15) is 0 Å². The molecule has 1 aliphatic carbocycles. The topological polar surface area (TPSA) is 15.3 Å². The van der Waals surface area contributed by atoms with Crippen LogP contribution in [0.4, 0.5) is 5.69 Å². The van der Waals surface area contributed by atoms with Crippen LogP contribution >= 0.6 is 15.9 Å². The molecule has 1 saturated carbocycles. The molecule has 1 spiro atoms. The average Bonchev–Trinajstić information content (AvgIpc) is 2.51. The molecule has 0 atom stereocenters. The van der Waals surface area contributed by atoms with Crippen LogP contribution in [0, 0.1) is 5.41 Å². The second-order valence-electron chi connectivity index (χ2n) is 6.85. The Morgan fingerprint density at radius 2 is 1.81 bits per heavy atom. The Morgan fingerprint density at radius 3 is 2.43 bits per heavy atom. The number of nitrogens with one attached hydrogen (secondary N) is 1. The van der Waals surface area contributed by atoms with Crippen LogP contribution in [0.25, 0.3) is 0 Å². The molecule has 0 unspecified atom stereocenters. The average molecular weight is 351 g/mol. The van der Waals surface area contributed by atoms with Crippen molar-refractivity contribution in [2.24, 2.45) is 5.41 Å². The largest absolute Gasteiger partial charge is 0.371 e. The van der Waals surface area contributed by atoms with Gasteiger partial charge < -0.3 is 10.2 Å². The molecule has 21 heavy (non-hydrogen) atoms. The Bertz CT molecular complexity index is 470. The predicted molar refractivity (Wildman–Crippen MR) is 93.9 cm³/mol. The summed E-state index contributed by atoms with van der Waals surface area (Å²) in [5, 5.41) is 3.22. The third-order valence-electron chi connectivity index (χ3n) is 5.51. The van der Waals surface area contributed by atoms with Crippen molar-refractivity contribution in [3.8, 4) is 0 Å². The fourth-order valence-electron chi connectivity index (χ4n) is 4.11. The quantitative estimate of drug-likeness (QED) is 0.848. The zero-order valence-corrected chi connectivity index (χ0v) is 14.7. The molecule has 0 aromatic heterocycles. The minimum absolute atomic E-state index is 0.693. The number of anilines is 1. The van der Waals surface area contributed by atoms with E-state index in [1.165, 1.54) is 73.8 Å². The third-order valence-corrected chi connectivity index (χ3v) is 6.25. The highest BCUT2D eigenvalue weighted by Crippen LogP contribution is 2.45. The summed E-state index contributed by atoms with van der Waals surface area (Å²) in [5.41, 5.74) is 3.41. The van der Waals surface area contributed by atoms with Crippen LogP contribution in [0.2, 0.25) is 0 Å². The fourth-order valence-corrected chi connectivity index (χ4v) is 4.61. The molecule has 0 amide bonds. The van der Waals surface area contributed by atoms with Gasteiger partial charge in [0.05, 0.1) is 0 Å². The maximum Gasteiger partial charge on any atom is 0.0377 e. The van der Waals surface area contributed by atoms with Crippen molar-refractivity contribution in [3.05, 3.63) is 28.2 Å². The minimum atomic E-state index is 0.693. The molecule has 3 rings (SSSR count). The standard InChI is InChI=1S/C18H27BrN2/c1-20-14-15-5-6-16(13-17(15)19)21-11-9-18(10-12-21)7-3-2-4-8-18/h5-6,13,20H,2-4,7-12,14H2,1H3. The van der Waals surface area contributed by atoms with Crippen LogP contribution in [0.1, 0.15) is 50.5 Å². The van der Waals surface area contributed by atoms with E-state index in [9.17, 15) is 0 Å². The van der Waals surface area contributed by atoms with E-state index in [-0.39, 0.29) is 0 Å². The van der Waals surface area contributed by atoms with Gasteiger partial charge in [0.1, 0.15) is 0 Å². The van der Waals surface area contributed by atoms with Gasteiger partial charge in [-0.15, -0.1) is 0 Å². The van der Waals surface area contributed by atoms with Gasteiger partial charge in [0.25, 0.3) is 0 Å². The van der Waals surface area contributed by atoms with E-state index in [1.54, 1.807) is 0 Å². The molecule has 1 N–H and O–H groups in total. The van der Waals surface area contributed by atoms with Crippen LogP contribution in [0.5, 0.6) is 0 Å². The molecular formula is C18H27BrN2. The maximum atomic E-state index is 3.72. The summed E-state index contributed by atoms with van der Waals surface area (Å²) in [6.07, 6.45) is 10.1. The summed E-state index contributed by atoms with van der Waals surface area (Å²) < 4.78 is 1.23. The lowest BCUT2D eigenvalue weighted by Gasteiger charge is -2.45. The number of rotatable bonds is 3. The molecule has 3 heteroatoms. The Kier molecular flexibility index (Phi) is 4.90. The first kappa shape index (κ1) is 15.4. The Hall–Kier alpha value is -0.540. The monoisotopic (exact) mass is 350 g/mol. The van der Waals surface area contributed by atoms with Gasteiger partial charge in [-0.1, -0.05) is 41.3 Å². The van der Waals surface area contributed by atoms with Crippen LogP contribution in [0.15, 0.2) is 22.7 Å². The summed E-state index contributed by atoms with van der Waals surface area (Å²) in [4.78, 5) is 2.58. The van der Waals surface area contributed by atoms with Gasteiger partial charge in [0.2, 0.25) is 0 Å². The van der Waals surface area contributed by atoms with Crippen molar-refractivity contribution in [1.29, 1.82) is 0 Å². The Morgan fingerprint density at radius 1 is 1.10 bits per heavy atom. The summed E-state index contributed by atoms with van der Waals surface area (Å²) in [7, 11) is 1.99. The lowest BCUT2D eigenvalue weighted by molar-refractivity contribution is 0.144. The second kappa shape index (κ2) is 6.70. The third kappa shape index (κ3) is 3.45. The zero-order valence-electron chi connectivity index (χ0n) is 13.1. The molecule has 1 aromatic carbocycles. The molecule has 2 nitrogen and oxygen atoms in total. The number of hydrogen-bond donors (Lipinski definition) is 1. The van der Waals surface area contributed by atoms with Crippen molar-refractivity contribution in [2.45, 2.75) is 51.5 Å². The van der Waals surface area contributed by atoms with Crippen LogP contribution in [0.3, 0.4) is 0 Å². The van der Waals surface area contributed by atoms with Crippen LogP contribution in [-0.2, 0) is 6.54 Å². The summed E-state index contributed by atoms with van der Waals surface area (Å²) in [5.74, 6) is 0. The Labute approximate surface area is 137 Å². The normalized spacial score (nSPS) is 21.7. The van der Waals surface area contributed by atoms with Crippen molar-refractivity contribution >= 4 is 21.6 Å². The SMILES string of the molecule is CNCc1ccc(N2CCC3(CCCCC3)CC2)cc1Br. The molecule has 1 saturated heterocycles. The van der Waals surface area contributed by atoms with Crippen molar-refractivity contribution in [3.63, 3.8) is 0 Å². The molecule has 1 aromatic rings. The van der Waals surface area contributed by atoms with E-state index in [0.29, 0.717) is 5.41 Å². The first-order valence-corrected chi connectivity index (χ1v) is 9.20. The highest BCUT2D eigenvalue weighted by Gasteiger charge is 2.35.